The van der Waals surface area contributed by atoms with Crippen LogP contribution in [0.1, 0.15) is 66.2 Å². The highest BCUT2D eigenvalue weighted by molar-refractivity contribution is 5.97. The second-order valence-electron chi connectivity index (χ2n) is 6.97. The molecule has 3 atom stereocenters. The van der Waals surface area contributed by atoms with Crippen LogP contribution in [-0.4, -0.2) is 46.3 Å². The molecule has 2 saturated heterocycles. The van der Waals surface area contributed by atoms with Gasteiger partial charge in [-0.25, -0.2) is 0 Å². The summed E-state index contributed by atoms with van der Waals surface area (Å²) >= 11 is 0. The van der Waals surface area contributed by atoms with Crippen molar-refractivity contribution in [2.24, 2.45) is 5.92 Å². The Bertz CT molecular complexity index is 394. The molecule has 0 bridgehead atoms. The fraction of sp³-hybridized carbons (Fsp3) is 0.882. The fourth-order valence-corrected chi connectivity index (χ4v) is 3.81. The number of nitrogens with zero attached hydrogens (tertiary/aromatic N) is 2. The molecule has 4 nitrogen and oxygen atoms in total. The Hall–Kier alpha value is -1.06. The number of unbranched alkanes of at least 4 members (excludes halogenated alkanes) is 2. The number of piperazine rings is 1. The molecule has 2 aliphatic rings. The van der Waals surface area contributed by atoms with Gasteiger partial charge in [-0.05, 0) is 32.1 Å². The summed E-state index contributed by atoms with van der Waals surface area (Å²) in [6.07, 6.45) is 6.32. The summed E-state index contributed by atoms with van der Waals surface area (Å²) in [5, 5.41) is 0. The van der Waals surface area contributed by atoms with Gasteiger partial charge in [0, 0.05) is 12.6 Å². The SMILES string of the molecule is CCCCCC(C)N1C(=O)C2CCCN2C(=O)C1C(C)C. The second-order valence-corrected chi connectivity index (χ2v) is 6.97. The quantitative estimate of drug-likeness (QED) is 0.707. The van der Waals surface area contributed by atoms with Gasteiger partial charge in [0.25, 0.3) is 0 Å². The van der Waals surface area contributed by atoms with E-state index >= 15 is 0 Å². The van der Waals surface area contributed by atoms with Gasteiger partial charge in [0.2, 0.25) is 11.8 Å². The number of amides is 2. The van der Waals surface area contributed by atoms with Gasteiger partial charge in [-0.15, -0.1) is 0 Å². The molecule has 21 heavy (non-hydrogen) atoms. The van der Waals surface area contributed by atoms with E-state index in [2.05, 4.69) is 27.7 Å². The van der Waals surface area contributed by atoms with E-state index in [1.807, 2.05) is 9.80 Å². The van der Waals surface area contributed by atoms with E-state index in [0.717, 1.165) is 32.2 Å². The molecule has 2 heterocycles. The molecule has 0 N–H and O–H groups in total. The zero-order chi connectivity index (χ0) is 15.6. The zero-order valence-electron chi connectivity index (χ0n) is 14.0. The summed E-state index contributed by atoms with van der Waals surface area (Å²) in [5.74, 6) is 0.542. The molecule has 0 aromatic heterocycles. The molecule has 2 aliphatic heterocycles. The summed E-state index contributed by atoms with van der Waals surface area (Å²) in [6.45, 7) is 9.17. The standard InChI is InChI=1S/C17H30N2O2/c1-5-6-7-9-13(4)19-15(12(2)3)17(21)18-11-8-10-14(18)16(19)20/h12-15H,5-11H2,1-4H3. The molecular formula is C17H30N2O2. The molecule has 0 aliphatic carbocycles. The predicted molar refractivity (Wildman–Crippen MR) is 83.8 cm³/mol. The lowest BCUT2D eigenvalue weighted by Crippen LogP contribution is -2.66. The smallest absolute Gasteiger partial charge is 0.246 e. The first-order valence-corrected chi connectivity index (χ1v) is 8.61. The number of fused-ring (bicyclic) bond motifs is 1. The average molecular weight is 294 g/mol. The maximum atomic E-state index is 12.9. The predicted octanol–water partition coefficient (Wildman–Crippen LogP) is 2.81. The molecule has 120 valence electrons. The van der Waals surface area contributed by atoms with Gasteiger partial charge in [-0.2, -0.15) is 0 Å². The first-order valence-electron chi connectivity index (χ1n) is 8.61. The summed E-state index contributed by atoms with van der Waals surface area (Å²) in [5.41, 5.74) is 0. The molecule has 2 amide bonds. The molecule has 2 rings (SSSR count). The largest absolute Gasteiger partial charge is 0.329 e. The minimum absolute atomic E-state index is 0.170. The summed E-state index contributed by atoms with van der Waals surface area (Å²) < 4.78 is 0. The van der Waals surface area contributed by atoms with Gasteiger partial charge in [0.1, 0.15) is 12.1 Å². The number of carbonyl (C=O) groups excluding carboxylic acids is 2. The number of carbonyl (C=O) groups is 2. The van der Waals surface area contributed by atoms with Crippen LogP contribution < -0.4 is 0 Å². The Balaban J connectivity index is 2.18. The van der Waals surface area contributed by atoms with Crippen molar-refractivity contribution in [2.75, 3.05) is 6.54 Å². The highest BCUT2D eigenvalue weighted by Gasteiger charge is 2.49. The average Bonchev–Trinajstić information content (AvgIpc) is 2.92. The molecule has 3 unspecified atom stereocenters. The maximum absolute atomic E-state index is 12.9. The molecule has 0 spiro atoms. The van der Waals surface area contributed by atoms with Gasteiger partial charge < -0.3 is 9.80 Å². The van der Waals surface area contributed by atoms with Crippen LogP contribution in [0.2, 0.25) is 0 Å². The summed E-state index contributed by atoms with van der Waals surface area (Å²) in [4.78, 5) is 29.4. The van der Waals surface area contributed by atoms with Crippen molar-refractivity contribution in [3.8, 4) is 0 Å². The highest BCUT2D eigenvalue weighted by atomic mass is 16.2. The number of hydrogen-bond acceptors (Lipinski definition) is 2. The first kappa shape index (κ1) is 16.3. The van der Waals surface area contributed by atoms with E-state index in [0.29, 0.717) is 0 Å². The Morgan fingerprint density at radius 3 is 2.48 bits per heavy atom. The van der Waals surface area contributed by atoms with Crippen LogP contribution in [-0.2, 0) is 9.59 Å². The lowest BCUT2D eigenvalue weighted by atomic mass is 9.93. The van der Waals surface area contributed by atoms with Crippen LogP contribution in [0.15, 0.2) is 0 Å². The van der Waals surface area contributed by atoms with Crippen molar-refractivity contribution in [1.82, 2.24) is 9.80 Å². The Labute approximate surface area is 128 Å². The van der Waals surface area contributed by atoms with Crippen LogP contribution in [0, 0.1) is 5.92 Å². The lowest BCUT2D eigenvalue weighted by Gasteiger charge is -2.46. The first-order chi connectivity index (χ1) is 9.99. The van der Waals surface area contributed by atoms with Gasteiger partial charge in [0.05, 0.1) is 0 Å². The monoisotopic (exact) mass is 294 g/mol. The number of rotatable bonds is 6. The Kier molecular flexibility index (Phi) is 5.28. The van der Waals surface area contributed by atoms with Crippen LogP contribution in [0.5, 0.6) is 0 Å². The molecule has 0 aromatic carbocycles. The van der Waals surface area contributed by atoms with E-state index in [9.17, 15) is 9.59 Å². The normalized spacial score (nSPS) is 27.5. The zero-order valence-corrected chi connectivity index (χ0v) is 14.0. The third kappa shape index (κ3) is 3.09. The number of hydrogen-bond donors (Lipinski definition) is 0. The summed E-state index contributed by atoms with van der Waals surface area (Å²) in [7, 11) is 0. The van der Waals surface area contributed by atoms with Crippen LogP contribution in [0.4, 0.5) is 0 Å². The van der Waals surface area contributed by atoms with Crippen molar-refractivity contribution in [2.45, 2.75) is 84.3 Å². The van der Waals surface area contributed by atoms with Gasteiger partial charge >= 0.3 is 0 Å². The maximum Gasteiger partial charge on any atom is 0.246 e. The third-order valence-corrected chi connectivity index (χ3v) is 4.96. The van der Waals surface area contributed by atoms with E-state index in [1.54, 1.807) is 0 Å². The molecule has 0 saturated carbocycles. The molecular weight excluding hydrogens is 264 g/mol. The van der Waals surface area contributed by atoms with Crippen molar-refractivity contribution in [3.05, 3.63) is 0 Å². The van der Waals surface area contributed by atoms with Gasteiger partial charge in [0.15, 0.2) is 0 Å². The van der Waals surface area contributed by atoms with E-state index in [4.69, 9.17) is 0 Å². The van der Waals surface area contributed by atoms with Crippen LogP contribution in [0.3, 0.4) is 0 Å². The van der Waals surface area contributed by atoms with Crippen molar-refractivity contribution >= 4 is 11.8 Å². The third-order valence-electron chi connectivity index (χ3n) is 4.96. The topological polar surface area (TPSA) is 40.6 Å². The van der Waals surface area contributed by atoms with Crippen LogP contribution in [0.25, 0.3) is 0 Å². The van der Waals surface area contributed by atoms with E-state index in [1.165, 1.54) is 12.8 Å². The minimum atomic E-state index is -0.261. The summed E-state index contributed by atoms with van der Waals surface area (Å²) in [6, 6.07) is -0.271. The van der Waals surface area contributed by atoms with Crippen LogP contribution >= 0.6 is 0 Å². The van der Waals surface area contributed by atoms with Crippen molar-refractivity contribution in [3.63, 3.8) is 0 Å². The molecule has 4 heteroatoms. The Morgan fingerprint density at radius 1 is 1.14 bits per heavy atom. The fourth-order valence-electron chi connectivity index (χ4n) is 3.81. The van der Waals surface area contributed by atoms with Crippen molar-refractivity contribution in [1.29, 1.82) is 0 Å². The lowest BCUT2D eigenvalue weighted by molar-refractivity contribution is -0.164. The van der Waals surface area contributed by atoms with E-state index < -0.39 is 0 Å². The van der Waals surface area contributed by atoms with E-state index in [-0.39, 0.29) is 35.9 Å². The van der Waals surface area contributed by atoms with Gasteiger partial charge in [-0.3, -0.25) is 9.59 Å². The molecule has 0 aromatic rings. The Morgan fingerprint density at radius 2 is 1.86 bits per heavy atom. The second kappa shape index (κ2) is 6.80. The molecule has 2 fully saturated rings. The molecule has 0 radical (unpaired) electrons. The van der Waals surface area contributed by atoms with Crippen molar-refractivity contribution < 1.29 is 9.59 Å². The van der Waals surface area contributed by atoms with Gasteiger partial charge in [-0.1, -0.05) is 40.0 Å². The highest BCUT2D eigenvalue weighted by Crippen LogP contribution is 2.32. The minimum Gasteiger partial charge on any atom is -0.329 e.